The van der Waals surface area contributed by atoms with Gasteiger partial charge in [-0.1, -0.05) is 36.4 Å². The average molecular weight is 494 g/mol. The van der Waals surface area contributed by atoms with Gasteiger partial charge in [-0.2, -0.15) is 0 Å². The number of carbonyl (C=O) groups is 2. The van der Waals surface area contributed by atoms with Crippen molar-refractivity contribution in [2.75, 3.05) is 44.7 Å². The third-order valence-corrected chi connectivity index (χ3v) is 7.43. The van der Waals surface area contributed by atoms with Crippen LogP contribution in [0.1, 0.15) is 16.9 Å². The van der Waals surface area contributed by atoms with Gasteiger partial charge in [-0.3, -0.25) is 9.69 Å². The predicted octanol–water partition coefficient (Wildman–Crippen LogP) is 2.16. The van der Waals surface area contributed by atoms with Crippen LogP contribution in [0.2, 0.25) is 0 Å². The molecule has 1 aromatic heterocycles. The second kappa shape index (κ2) is 12.2. The number of ether oxygens (including phenoxy) is 1. The lowest BCUT2D eigenvalue weighted by Crippen LogP contribution is -2.55. The third kappa shape index (κ3) is 8.79. The number of amides is 2. The number of carbonyl (C=O) groups excluding carboxylic acids is 2. The summed E-state index contributed by atoms with van der Waals surface area (Å²) in [7, 11) is -3.28. The van der Waals surface area contributed by atoms with Gasteiger partial charge in [-0.15, -0.1) is 11.3 Å². The predicted molar refractivity (Wildman–Crippen MR) is 129 cm³/mol. The second-order valence-electron chi connectivity index (χ2n) is 8.17. The normalized spacial score (nSPS) is 15.7. The summed E-state index contributed by atoms with van der Waals surface area (Å²) in [4.78, 5) is 30.8. The molecule has 180 valence electrons. The summed E-state index contributed by atoms with van der Waals surface area (Å²) < 4.78 is 28.6. The monoisotopic (exact) mass is 493 g/mol. The van der Waals surface area contributed by atoms with Gasteiger partial charge in [0.05, 0.1) is 5.75 Å². The van der Waals surface area contributed by atoms with E-state index in [4.69, 9.17) is 4.74 Å². The number of alkyl carbamates (subject to hydrolysis) is 1. The van der Waals surface area contributed by atoms with Crippen molar-refractivity contribution < 1.29 is 22.7 Å². The van der Waals surface area contributed by atoms with Crippen LogP contribution in [0.4, 0.5) is 4.79 Å². The molecule has 1 atom stereocenters. The molecule has 0 radical (unpaired) electrons. The van der Waals surface area contributed by atoms with E-state index in [9.17, 15) is 18.0 Å². The molecule has 2 amide bonds. The molecule has 1 N–H and O–H groups in total. The molecule has 10 heteroatoms. The van der Waals surface area contributed by atoms with Gasteiger partial charge in [-0.25, -0.2) is 13.2 Å². The Bertz CT molecular complexity index is 988. The molecule has 8 nitrogen and oxygen atoms in total. The van der Waals surface area contributed by atoms with Crippen molar-refractivity contribution in [2.45, 2.75) is 25.5 Å². The smallest absolute Gasteiger partial charge is 0.408 e. The molecule has 0 bridgehead atoms. The van der Waals surface area contributed by atoms with E-state index in [0.717, 1.165) is 37.9 Å². The molecule has 33 heavy (non-hydrogen) atoms. The number of sulfone groups is 1. The standard InChI is InChI=1S/C23H31N3O5S2/c1-33(29,30)17-10-21(24-23(28)31-18-19-6-3-2-4-7-19)22(27)26-14-12-25(13-15-26)11-9-20-8-5-16-32-20/h2-8,16,21H,9-15,17-18H2,1H3,(H,24,28). The number of nitrogens with zero attached hydrogens (tertiary/aromatic N) is 2. The van der Waals surface area contributed by atoms with Gasteiger partial charge in [0.15, 0.2) is 0 Å². The summed E-state index contributed by atoms with van der Waals surface area (Å²) in [6.07, 6.45) is 1.38. The summed E-state index contributed by atoms with van der Waals surface area (Å²) >= 11 is 1.74. The Morgan fingerprint density at radius 3 is 2.45 bits per heavy atom. The zero-order chi connectivity index (χ0) is 23.7. The van der Waals surface area contributed by atoms with E-state index < -0.39 is 22.0 Å². The fraction of sp³-hybridized carbons (Fsp3) is 0.478. The van der Waals surface area contributed by atoms with E-state index >= 15 is 0 Å². The van der Waals surface area contributed by atoms with Crippen molar-refractivity contribution in [2.24, 2.45) is 0 Å². The first kappa shape index (κ1) is 25.2. The maximum atomic E-state index is 13.1. The number of benzene rings is 1. The van der Waals surface area contributed by atoms with Crippen LogP contribution in [0.15, 0.2) is 47.8 Å². The second-order valence-corrected chi connectivity index (χ2v) is 11.5. The van der Waals surface area contributed by atoms with Gasteiger partial charge in [0.25, 0.3) is 0 Å². The minimum Gasteiger partial charge on any atom is -0.445 e. The van der Waals surface area contributed by atoms with Gasteiger partial charge in [0.2, 0.25) is 5.91 Å². The highest BCUT2D eigenvalue weighted by atomic mass is 32.2. The molecule has 0 saturated carbocycles. The molecule has 1 fully saturated rings. The van der Waals surface area contributed by atoms with Crippen LogP contribution in [0, 0.1) is 0 Å². The summed E-state index contributed by atoms with van der Waals surface area (Å²) in [5.74, 6) is -0.461. The number of rotatable bonds is 10. The van der Waals surface area contributed by atoms with E-state index in [1.807, 2.05) is 36.4 Å². The Morgan fingerprint density at radius 1 is 1.09 bits per heavy atom. The molecule has 0 spiro atoms. The van der Waals surface area contributed by atoms with Crippen molar-refractivity contribution >= 4 is 33.2 Å². The van der Waals surface area contributed by atoms with Crippen molar-refractivity contribution in [1.82, 2.24) is 15.1 Å². The molecule has 2 heterocycles. The number of hydrogen-bond acceptors (Lipinski definition) is 7. The number of hydrogen-bond donors (Lipinski definition) is 1. The van der Waals surface area contributed by atoms with Crippen LogP contribution < -0.4 is 5.32 Å². The molecule has 1 unspecified atom stereocenters. The van der Waals surface area contributed by atoms with E-state index in [-0.39, 0.29) is 24.7 Å². The maximum Gasteiger partial charge on any atom is 0.408 e. The Balaban J connectivity index is 1.51. The van der Waals surface area contributed by atoms with Crippen LogP contribution >= 0.6 is 11.3 Å². The Morgan fingerprint density at radius 2 is 1.82 bits per heavy atom. The van der Waals surface area contributed by atoms with Crippen LogP contribution in [-0.2, 0) is 32.4 Å². The molecule has 1 saturated heterocycles. The number of nitrogens with one attached hydrogen (secondary N) is 1. The van der Waals surface area contributed by atoms with Gasteiger partial charge in [0.1, 0.15) is 22.5 Å². The van der Waals surface area contributed by atoms with Crippen molar-refractivity contribution in [1.29, 1.82) is 0 Å². The van der Waals surface area contributed by atoms with Gasteiger partial charge in [0, 0.05) is 43.9 Å². The lowest BCUT2D eigenvalue weighted by Gasteiger charge is -2.36. The topological polar surface area (TPSA) is 96.0 Å². The first-order valence-corrected chi connectivity index (χ1v) is 13.9. The van der Waals surface area contributed by atoms with Crippen molar-refractivity contribution in [3.63, 3.8) is 0 Å². The highest BCUT2D eigenvalue weighted by molar-refractivity contribution is 7.90. The molecule has 1 aromatic carbocycles. The summed E-state index contributed by atoms with van der Waals surface area (Å²) in [5, 5.41) is 4.65. The molecular weight excluding hydrogens is 462 g/mol. The lowest BCUT2D eigenvalue weighted by molar-refractivity contribution is -0.135. The van der Waals surface area contributed by atoms with Gasteiger partial charge >= 0.3 is 6.09 Å². The fourth-order valence-electron chi connectivity index (χ4n) is 3.63. The molecule has 2 aromatic rings. The summed E-state index contributed by atoms with van der Waals surface area (Å²) in [6.45, 7) is 3.58. The Hall–Kier alpha value is -2.43. The van der Waals surface area contributed by atoms with E-state index in [0.29, 0.717) is 13.1 Å². The zero-order valence-electron chi connectivity index (χ0n) is 18.8. The SMILES string of the molecule is CS(=O)(=O)CCC(NC(=O)OCc1ccccc1)C(=O)N1CCN(CCc2cccs2)CC1. The number of piperazine rings is 1. The maximum absolute atomic E-state index is 13.1. The van der Waals surface area contributed by atoms with Crippen LogP contribution in [-0.4, -0.2) is 81.0 Å². The summed E-state index contributed by atoms with van der Waals surface area (Å²) in [5.41, 5.74) is 0.824. The van der Waals surface area contributed by atoms with E-state index in [1.165, 1.54) is 4.88 Å². The highest BCUT2D eigenvalue weighted by Gasteiger charge is 2.29. The average Bonchev–Trinajstić information content (AvgIpc) is 3.33. The lowest BCUT2D eigenvalue weighted by atomic mass is 10.1. The first-order chi connectivity index (χ1) is 15.8. The summed E-state index contributed by atoms with van der Waals surface area (Å²) in [6, 6.07) is 12.4. The van der Waals surface area contributed by atoms with Crippen molar-refractivity contribution in [3.05, 3.63) is 58.3 Å². The van der Waals surface area contributed by atoms with Crippen LogP contribution in [0.25, 0.3) is 0 Å². The first-order valence-electron chi connectivity index (χ1n) is 11.0. The minimum atomic E-state index is -3.28. The van der Waals surface area contributed by atoms with Gasteiger partial charge < -0.3 is 15.0 Å². The molecule has 1 aliphatic rings. The Kier molecular flexibility index (Phi) is 9.28. The van der Waals surface area contributed by atoms with Crippen LogP contribution in [0.3, 0.4) is 0 Å². The Labute approximate surface area is 199 Å². The molecular formula is C23H31N3O5S2. The van der Waals surface area contributed by atoms with Crippen molar-refractivity contribution in [3.8, 4) is 0 Å². The third-order valence-electron chi connectivity index (χ3n) is 5.52. The fourth-order valence-corrected chi connectivity index (χ4v) is 4.99. The molecule has 1 aliphatic heterocycles. The van der Waals surface area contributed by atoms with Gasteiger partial charge in [-0.05, 0) is 29.9 Å². The zero-order valence-corrected chi connectivity index (χ0v) is 20.4. The molecule has 0 aliphatic carbocycles. The highest BCUT2D eigenvalue weighted by Crippen LogP contribution is 2.12. The van der Waals surface area contributed by atoms with E-state index in [2.05, 4.69) is 21.7 Å². The van der Waals surface area contributed by atoms with Crippen LogP contribution in [0.5, 0.6) is 0 Å². The molecule has 3 rings (SSSR count). The minimum absolute atomic E-state index is 0.0106. The largest absolute Gasteiger partial charge is 0.445 e. The van der Waals surface area contributed by atoms with E-state index in [1.54, 1.807) is 16.2 Å². The quantitative estimate of drug-likeness (QED) is 0.545. The number of thiophene rings is 1.